The van der Waals surface area contributed by atoms with Crippen molar-refractivity contribution < 1.29 is 4.42 Å². The fourth-order valence-electron chi connectivity index (χ4n) is 1.72. The molecular formula is C18H21NO2. The predicted molar refractivity (Wildman–Crippen MR) is 88.4 cm³/mol. The molecule has 1 heterocycles. The number of hydrogen-bond acceptors (Lipinski definition) is 3. The molecule has 0 saturated carbocycles. The highest BCUT2D eigenvalue weighted by atomic mass is 16.4. The van der Waals surface area contributed by atoms with E-state index in [4.69, 9.17) is 4.42 Å². The van der Waals surface area contributed by atoms with Crippen LogP contribution in [-0.4, -0.2) is 4.98 Å². The lowest BCUT2D eigenvalue weighted by Gasteiger charge is -2.00. The maximum atomic E-state index is 11.8. The lowest BCUT2D eigenvalue weighted by Crippen LogP contribution is -2.02. The second-order valence-corrected chi connectivity index (χ2v) is 3.69. The number of hydrogen-bond donors (Lipinski definition) is 0. The van der Waals surface area contributed by atoms with E-state index >= 15 is 0 Å². The van der Waals surface area contributed by atoms with E-state index in [9.17, 15) is 4.79 Å². The van der Waals surface area contributed by atoms with Gasteiger partial charge >= 0.3 is 5.63 Å². The summed E-state index contributed by atoms with van der Waals surface area (Å²) in [4.78, 5) is 16.1. The lowest BCUT2D eigenvalue weighted by atomic mass is 10.2. The third-order valence-electron chi connectivity index (χ3n) is 2.56. The van der Waals surface area contributed by atoms with Gasteiger partial charge in [-0.25, -0.2) is 9.78 Å². The molecule has 110 valence electrons. The Balaban J connectivity index is 0.000000510. The molecule has 0 bridgehead atoms. The topological polar surface area (TPSA) is 43.1 Å². The van der Waals surface area contributed by atoms with Crippen LogP contribution in [0.2, 0.25) is 0 Å². The number of benzene rings is 2. The van der Waals surface area contributed by atoms with Crippen molar-refractivity contribution >= 4 is 10.9 Å². The van der Waals surface area contributed by atoms with Gasteiger partial charge < -0.3 is 4.42 Å². The fraction of sp³-hybridized carbons (Fsp3) is 0.222. The first kappa shape index (κ1) is 16.6. The van der Waals surface area contributed by atoms with Gasteiger partial charge in [0, 0.05) is 5.56 Å². The molecule has 0 N–H and O–H groups in total. The zero-order valence-corrected chi connectivity index (χ0v) is 13.0. The van der Waals surface area contributed by atoms with Crippen LogP contribution in [0.4, 0.5) is 0 Å². The zero-order valence-electron chi connectivity index (χ0n) is 13.0. The second kappa shape index (κ2) is 8.69. The van der Waals surface area contributed by atoms with Gasteiger partial charge in [-0.3, -0.25) is 0 Å². The lowest BCUT2D eigenvalue weighted by molar-refractivity contribution is 0.518. The van der Waals surface area contributed by atoms with Crippen molar-refractivity contribution in [2.24, 2.45) is 0 Å². The average Bonchev–Trinajstić information content (AvgIpc) is 2.59. The van der Waals surface area contributed by atoms with Gasteiger partial charge in [0.25, 0.3) is 0 Å². The van der Waals surface area contributed by atoms with Gasteiger partial charge in [-0.15, -0.1) is 0 Å². The van der Waals surface area contributed by atoms with E-state index in [2.05, 4.69) is 4.98 Å². The number of nitrogens with zero attached hydrogens (tertiary/aromatic N) is 1. The van der Waals surface area contributed by atoms with Crippen LogP contribution in [0.25, 0.3) is 22.4 Å². The minimum absolute atomic E-state index is 0.352. The first-order chi connectivity index (χ1) is 10.3. The zero-order chi connectivity index (χ0) is 15.7. The summed E-state index contributed by atoms with van der Waals surface area (Å²) in [5, 5.41) is 0.507. The molecule has 0 aliphatic rings. The summed E-state index contributed by atoms with van der Waals surface area (Å²) < 4.78 is 5.21. The summed E-state index contributed by atoms with van der Waals surface area (Å²) in [7, 11) is 0. The van der Waals surface area contributed by atoms with Crippen LogP contribution in [-0.2, 0) is 0 Å². The standard InChI is InChI=1S/C14H9NO2.2C2H6/c16-14-11-8-4-5-9-12(11)15-13(17-14)10-6-2-1-3-7-10;2*1-2/h1-9H;2*1-2H3. The van der Waals surface area contributed by atoms with Gasteiger partial charge in [-0.2, -0.15) is 0 Å². The van der Waals surface area contributed by atoms with Crippen LogP contribution in [0, 0.1) is 0 Å². The summed E-state index contributed by atoms with van der Waals surface area (Å²) in [5.74, 6) is 0.356. The largest absolute Gasteiger partial charge is 0.403 e. The smallest absolute Gasteiger partial charge is 0.347 e. The maximum absolute atomic E-state index is 11.8. The van der Waals surface area contributed by atoms with Crippen LogP contribution in [0.5, 0.6) is 0 Å². The molecule has 0 aliphatic heterocycles. The molecule has 2 aromatic carbocycles. The monoisotopic (exact) mass is 283 g/mol. The van der Waals surface area contributed by atoms with Crippen molar-refractivity contribution in [3.63, 3.8) is 0 Å². The molecule has 0 aliphatic carbocycles. The maximum Gasteiger partial charge on any atom is 0.347 e. The summed E-state index contributed by atoms with van der Waals surface area (Å²) in [6.45, 7) is 8.00. The van der Waals surface area contributed by atoms with Crippen molar-refractivity contribution in [3.05, 3.63) is 65.0 Å². The molecule has 1 aromatic heterocycles. The van der Waals surface area contributed by atoms with E-state index in [0.717, 1.165) is 5.56 Å². The van der Waals surface area contributed by atoms with Crippen LogP contribution >= 0.6 is 0 Å². The van der Waals surface area contributed by atoms with Crippen molar-refractivity contribution in [1.82, 2.24) is 4.98 Å². The molecule has 21 heavy (non-hydrogen) atoms. The number of rotatable bonds is 1. The molecule has 0 atom stereocenters. The average molecular weight is 283 g/mol. The molecule has 0 fully saturated rings. The number of aromatic nitrogens is 1. The molecule has 0 unspecified atom stereocenters. The highest BCUT2D eigenvalue weighted by molar-refractivity contribution is 5.78. The minimum atomic E-state index is -0.352. The highest BCUT2D eigenvalue weighted by Gasteiger charge is 2.06. The van der Waals surface area contributed by atoms with Crippen LogP contribution < -0.4 is 5.63 Å². The number of fused-ring (bicyclic) bond motifs is 1. The van der Waals surface area contributed by atoms with Gasteiger partial charge in [-0.1, -0.05) is 58.0 Å². The highest BCUT2D eigenvalue weighted by Crippen LogP contribution is 2.17. The van der Waals surface area contributed by atoms with Gasteiger partial charge in [-0.05, 0) is 24.3 Å². The molecule has 0 radical (unpaired) electrons. The molecule has 3 nitrogen and oxygen atoms in total. The van der Waals surface area contributed by atoms with Crippen LogP contribution in [0.1, 0.15) is 27.7 Å². The quantitative estimate of drug-likeness (QED) is 0.637. The normalized spacial score (nSPS) is 9.14. The molecule has 3 rings (SSSR count). The molecule has 0 amide bonds. The van der Waals surface area contributed by atoms with Gasteiger partial charge in [0.2, 0.25) is 5.89 Å². The molecule has 3 heteroatoms. The van der Waals surface area contributed by atoms with E-state index in [0.29, 0.717) is 16.8 Å². The third-order valence-corrected chi connectivity index (χ3v) is 2.56. The minimum Gasteiger partial charge on any atom is -0.403 e. The van der Waals surface area contributed by atoms with E-state index < -0.39 is 0 Å². The summed E-state index contributed by atoms with van der Waals surface area (Å²) in [6.07, 6.45) is 0. The second-order valence-electron chi connectivity index (χ2n) is 3.69. The van der Waals surface area contributed by atoms with E-state index in [1.807, 2.05) is 64.1 Å². The number of para-hydroxylation sites is 1. The van der Waals surface area contributed by atoms with Crippen LogP contribution in [0.3, 0.4) is 0 Å². The van der Waals surface area contributed by atoms with Gasteiger partial charge in [0.05, 0.1) is 10.9 Å². The van der Waals surface area contributed by atoms with Crippen molar-refractivity contribution in [1.29, 1.82) is 0 Å². The van der Waals surface area contributed by atoms with Gasteiger partial charge in [0.1, 0.15) is 0 Å². The van der Waals surface area contributed by atoms with Crippen molar-refractivity contribution in [2.45, 2.75) is 27.7 Å². The third kappa shape index (κ3) is 4.02. The summed E-state index contributed by atoms with van der Waals surface area (Å²) in [6, 6.07) is 16.6. The van der Waals surface area contributed by atoms with Crippen LogP contribution in [0.15, 0.2) is 63.8 Å². The Morgan fingerprint density at radius 3 is 2.05 bits per heavy atom. The fourth-order valence-corrected chi connectivity index (χ4v) is 1.72. The first-order valence-electron chi connectivity index (χ1n) is 7.30. The van der Waals surface area contributed by atoms with Crippen molar-refractivity contribution in [3.8, 4) is 11.5 Å². The van der Waals surface area contributed by atoms with E-state index in [-0.39, 0.29) is 5.63 Å². The Morgan fingerprint density at radius 1 is 0.810 bits per heavy atom. The molecular weight excluding hydrogens is 262 g/mol. The molecule has 0 spiro atoms. The SMILES string of the molecule is CC.CC.O=c1oc(-c2ccccc2)nc2ccccc12. The Labute approximate surface area is 125 Å². The Bertz CT molecular complexity index is 718. The van der Waals surface area contributed by atoms with E-state index in [1.54, 1.807) is 18.2 Å². The van der Waals surface area contributed by atoms with E-state index in [1.165, 1.54) is 0 Å². The van der Waals surface area contributed by atoms with Gasteiger partial charge in [0.15, 0.2) is 0 Å². The Kier molecular flexibility index (Phi) is 6.88. The summed E-state index contributed by atoms with van der Waals surface area (Å²) in [5.41, 5.74) is 1.10. The Morgan fingerprint density at radius 2 is 1.38 bits per heavy atom. The molecule has 3 aromatic rings. The summed E-state index contributed by atoms with van der Waals surface area (Å²) >= 11 is 0. The predicted octanol–water partition coefficient (Wildman–Crippen LogP) is 4.91. The Hall–Kier alpha value is -2.42. The molecule has 0 saturated heterocycles. The first-order valence-corrected chi connectivity index (χ1v) is 7.30. The van der Waals surface area contributed by atoms with Crippen molar-refractivity contribution in [2.75, 3.05) is 0 Å².